The molecule has 1 fully saturated rings. The third-order valence-electron chi connectivity index (χ3n) is 3.71. The van der Waals surface area contributed by atoms with Crippen LogP contribution in [0.15, 0.2) is 18.3 Å². The van der Waals surface area contributed by atoms with E-state index < -0.39 is 0 Å². The molecule has 2 rings (SSSR count). The molecule has 1 saturated heterocycles. The van der Waals surface area contributed by atoms with Crippen LogP contribution in [0.25, 0.3) is 0 Å². The first-order valence-electron chi connectivity index (χ1n) is 6.59. The van der Waals surface area contributed by atoms with E-state index in [4.69, 9.17) is 0 Å². The summed E-state index contributed by atoms with van der Waals surface area (Å²) in [4.78, 5) is 7.00. The zero-order chi connectivity index (χ0) is 12.1. The standard InChI is InChI=1S/C14H21BrN2/c1-2-12-4-3-8-17(9-7-12)14-6-5-13(10-15)11-16-14/h5-6,11-12H,2-4,7-10H2,1H3. The molecule has 17 heavy (non-hydrogen) atoms. The number of anilines is 1. The van der Waals surface area contributed by atoms with Crippen molar-refractivity contribution in [1.29, 1.82) is 0 Å². The van der Waals surface area contributed by atoms with Crippen molar-refractivity contribution < 1.29 is 0 Å². The second-order valence-electron chi connectivity index (χ2n) is 4.85. The van der Waals surface area contributed by atoms with Gasteiger partial charge in [0.1, 0.15) is 5.82 Å². The summed E-state index contributed by atoms with van der Waals surface area (Å²) in [5.74, 6) is 2.06. The molecule has 1 aromatic rings. The molecule has 1 aliphatic heterocycles. The molecule has 0 aromatic carbocycles. The maximum Gasteiger partial charge on any atom is 0.128 e. The van der Waals surface area contributed by atoms with Crippen LogP contribution in [0.2, 0.25) is 0 Å². The van der Waals surface area contributed by atoms with Crippen LogP contribution in [0.1, 0.15) is 38.2 Å². The maximum atomic E-state index is 4.56. The molecule has 2 nitrogen and oxygen atoms in total. The van der Waals surface area contributed by atoms with Gasteiger partial charge in [-0.05, 0) is 36.8 Å². The molecule has 0 radical (unpaired) electrons. The topological polar surface area (TPSA) is 16.1 Å². The Morgan fingerprint density at radius 1 is 1.35 bits per heavy atom. The molecule has 2 heterocycles. The highest BCUT2D eigenvalue weighted by Gasteiger charge is 2.16. The van der Waals surface area contributed by atoms with Crippen LogP contribution in [-0.2, 0) is 5.33 Å². The van der Waals surface area contributed by atoms with Gasteiger partial charge in [0.05, 0.1) is 0 Å². The summed E-state index contributed by atoms with van der Waals surface area (Å²) >= 11 is 3.45. The summed E-state index contributed by atoms with van der Waals surface area (Å²) in [6, 6.07) is 4.32. The highest BCUT2D eigenvalue weighted by atomic mass is 79.9. The molecule has 1 aromatic heterocycles. The Morgan fingerprint density at radius 2 is 2.24 bits per heavy atom. The van der Waals surface area contributed by atoms with E-state index in [1.165, 1.54) is 37.8 Å². The van der Waals surface area contributed by atoms with Gasteiger partial charge in [-0.3, -0.25) is 0 Å². The molecule has 0 N–H and O–H groups in total. The van der Waals surface area contributed by atoms with Crippen LogP contribution in [0, 0.1) is 5.92 Å². The van der Waals surface area contributed by atoms with Crippen LogP contribution >= 0.6 is 15.9 Å². The Hall–Kier alpha value is -0.570. The minimum Gasteiger partial charge on any atom is -0.357 e. The van der Waals surface area contributed by atoms with Gasteiger partial charge in [0.25, 0.3) is 0 Å². The molecular weight excluding hydrogens is 276 g/mol. The van der Waals surface area contributed by atoms with E-state index in [0.29, 0.717) is 0 Å². The second-order valence-corrected chi connectivity index (χ2v) is 5.41. The zero-order valence-electron chi connectivity index (χ0n) is 10.5. The van der Waals surface area contributed by atoms with E-state index in [1.54, 1.807) is 0 Å². The normalized spacial score (nSPS) is 21.3. The lowest BCUT2D eigenvalue weighted by molar-refractivity contribution is 0.459. The van der Waals surface area contributed by atoms with Crippen LogP contribution < -0.4 is 4.90 Å². The minimum atomic E-state index is 0.887. The van der Waals surface area contributed by atoms with Gasteiger partial charge in [-0.25, -0.2) is 4.98 Å². The van der Waals surface area contributed by atoms with Crippen LogP contribution in [0.5, 0.6) is 0 Å². The average molecular weight is 297 g/mol. The van der Waals surface area contributed by atoms with Crippen molar-refractivity contribution in [1.82, 2.24) is 4.98 Å². The largest absolute Gasteiger partial charge is 0.357 e. The average Bonchev–Trinajstić information content (AvgIpc) is 2.64. The number of hydrogen-bond donors (Lipinski definition) is 0. The Labute approximate surface area is 113 Å². The lowest BCUT2D eigenvalue weighted by atomic mass is 9.98. The number of pyridine rings is 1. The maximum absolute atomic E-state index is 4.56. The molecule has 0 amide bonds. The summed E-state index contributed by atoms with van der Waals surface area (Å²) in [6.45, 7) is 4.64. The van der Waals surface area contributed by atoms with Crippen molar-refractivity contribution >= 4 is 21.7 Å². The predicted molar refractivity (Wildman–Crippen MR) is 76.7 cm³/mol. The fourth-order valence-corrected chi connectivity index (χ4v) is 2.82. The van der Waals surface area contributed by atoms with Gasteiger partial charge in [-0.1, -0.05) is 35.3 Å². The van der Waals surface area contributed by atoms with E-state index in [1.807, 2.05) is 6.20 Å². The third-order valence-corrected chi connectivity index (χ3v) is 4.36. The molecule has 1 unspecified atom stereocenters. The Balaban J connectivity index is 2.01. The Bertz CT molecular complexity index is 337. The van der Waals surface area contributed by atoms with Crippen LogP contribution in [0.3, 0.4) is 0 Å². The first-order chi connectivity index (χ1) is 8.33. The third kappa shape index (κ3) is 3.44. The molecule has 0 aliphatic carbocycles. The molecule has 3 heteroatoms. The van der Waals surface area contributed by atoms with Crippen molar-refractivity contribution in [2.45, 2.75) is 37.9 Å². The molecule has 1 aliphatic rings. The summed E-state index contributed by atoms with van der Waals surface area (Å²) in [5, 5.41) is 0.887. The van der Waals surface area contributed by atoms with Gasteiger partial charge < -0.3 is 4.90 Å². The quantitative estimate of drug-likeness (QED) is 0.784. The lowest BCUT2D eigenvalue weighted by Gasteiger charge is -2.21. The van der Waals surface area contributed by atoms with E-state index in [2.05, 4.69) is 44.9 Å². The summed E-state index contributed by atoms with van der Waals surface area (Å²) in [6.07, 6.45) is 7.31. The van der Waals surface area contributed by atoms with E-state index in [0.717, 1.165) is 23.6 Å². The highest BCUT2D eigenvalue weighted by molar-refractivity contribution is 9.08. The van der Waals surface area contributed by atoms with Crippen molar-refractivity contribution in [2.24, 2.45) is 5.92 Å². The Morgan fingerprint density at radius 3 is 2.88 bits per heavy atom. The zero-order valence-corrected chi connectivity index (χ0v) is 12.1. The van der Waals surface area contributed by atoms with Crippen molar-refractivity contribution in [2.75, 3.05) is 18.0 Å². The number of alkyl halides is 1. The fourth-order valence-electron chi connectivity index (χ4n) is 2.49. The monoisotopic (exact) mass is 296 g/mol. The molecule has 0 spiro atoms. The molecule has 0 saturated carbocycles. The van der Waals surface area contributed by atoms with Crippen LogP contribution in [0.4, 0.5) is 5.82 Å². The molecular formula is C14H21BrN2. The highest BCUT2D eigenvalue weighted by Crippen LogP contribution is 2.23. The van der Waals surface area contributed by atoms with E-state index in [9.17, 15) is 0 Å². The molecule has 94 valence electrons. The summed E-state index contributed by atoms with van der Waals surface area (Å²) < 4.78 is 0. The summed E-state index contributed by atoms with van der Waals surface area (Å²) in [5.41, 5.74) is 1.25. The van der Waals surface area contributed by atoms with Gasteiger partial charge >= 0.3 is 0 Å². The van der Waals surface area contributed by atoms with Gasteiger partial charge in [-0.2, -0.15) is 0 Å². The van der Waals surface area contributed by atoms with Gasteiger partial charge in [0.2, 0.25) is 0 Å². The summed E-state index contributed by atoms with van der Waals surface area (Å²) in [7, 11) is 0. The van der Waals surface area contributed by atoms with Gasteiger partial charge in [0, 0.05) is 24.6 Å². The molecule has 0 bridgehead atoms. The number of nitrogens with zero attached hydrogens (tertiary/aromatic N) is 2. The predicted octanol–water partition coefficient (Wildman–Crippen LogP) is 3.99. The lowest BCUT2D eigenvalue weighted by Crippen LogP contribution is -2.25. The number of hydrogen-bond acceptors (Lipinski definition) is 2. The minimum absolute atomic E-state index is 0.887. The van der Waals surface area contributed by atoms with E-state index >= 15 is 0 Å². The SMILES string of the molecule is CCC1CCCN(c2ccc(CBr)cn2)CC1. The fraction of sp³-hybridized carbons (Fsp3) is 0.643. The van der Waals surface area contributed by atoms with Gasteiger partial charge in [0.15, 0.2) is 0 Å². The second kappa shape index (κ2) is 6.39. The van der Waals surface area contributed by atoms with Crippen molar-refractivity contribution in [3.8, 4) is 0 Å². The first kappa shape index (κ1) is 12.9. The smallest absolute Gasteiger partial charge is 0.128 e. The first-order valence-corrected chi connectivity index (χ1v) is 7.71. The number of aromatic nitrogens is 1. The van der Waals surface area contributed by atoms with Crippen molar-refractivity contribution in [3.63, 3.8) is 0 Å². The van der Waals surface area contributed by atoms with E-state index in [-0.39, 0.29) is 0 Å². The van der Waals surface area contributed by atoms with Gasteiger partial charge in [-0.15, -0.1) is 0 Å². The number of rotatable bonds is 3. The number of halogens is 1. The Kier molecular flexibility index (Phi) is 4.84. The van der Waals surface area contributed by atoms with Crippen molar-refractivity contribution in [3.05, 3.63) is 23.9 Å². The molecule has 1 atom stereocenters. The van der Waals surface area contributed by atoms with Crippen LogP contribution in [-0.4, -0.2) is 18.1 Å².